The third kappa shape index (κ3) is 4.67. The number of benzene rings is 1. The van der Waals surface area contributed by atoms with Crippen molar-refractivity contribution in [3.05, 3.63) is 34.3 Å². The molecule has 0 saturated carbocycles. The van der Waals surface area contributed by atoms with E-state index in [0.29, 0.717) is 19.5 Å². The standard InChI is InChI=1S/C14H20ClNO2/c1-10-6-11(8-12(15)7-10)9-16-5-4-14(2,3)13(17)18/h6-8,16H,4-5,9H2,1-3H3,(H,17,18). The zero-order valence-electron chi connectivity index (χ0n) is 11.1. The monoisotopic (exact) mass is 269 g/mol. The molecule has 0 fully saturated rings. The van der Waals surface area contributed by atoms with Crippen LogP contribution in [0.3, 0.4) is 0 Å². The van der Waals surface area contributed by atoms with E-state index in [2.05, 4.69) is 11.4 Å². The number of hydrogen-bond acceptors (Lipinski definition) is 2. The average Bonchev–Trinajstić information content (AvgIpc) is 2.23. The lowest BCUT2D eigenvalue weighted by atomic mass is 9.90. The lowest BCUT2D eigenvalue weighted by Gasteiger charge is -2.19. The Labute approximate surface area is 113 Å². The summed E-state index contributed by atoms with van der Waals surface area (Å²) in [5.74, 6) is -0.761. The van der Waals surface area contributed by atoms with E-state index in [-0.39, 0.29) is 0 Å². The molecule has 100 valence electrons. The lowest BCUT2D eigenvalue weighted by molar-refractivity contribution is -0.147. The Hall–Kier alpha value is -1.06. The molecule has 0 aliphatic heterocycles. The first-order valence-electron chi connectivity index (χ1n) is 6.01. The number of halogens is 1. The fourth-order valence-corrected chi connectivity index (χ4v) is 1.97. The van der Waals surface area contributed by atoms with E-state index >= 15 is 0 Å². The number of hydrogen-bond donors (Lipinski definition) is 2. The molecule has 1 rings (SSSR count). The molecular formula is C14H20ClNO2. The highest BCUT2D eigenvalue weighted by Gasteiger charge is 2.25. The van der Waals surface area contributed by atoms with Gasteiger partial charge in [-0.15, -0.1) is 0 Å². The predicted molar refractivity (Wildman–Crippen MR) is 73.9 cm³/mol. The summed E-state index contributed by atoms with van der Waals surface area (Å²) in [7, 11) is 0. The molecular weight excluding hydrogens is 250 g/mol. The maximum absolute atomic E-state index is 10.9. The SMILES string of the molecule is Cc1cc(Cl)cc(CNCCC(C)(C)C(=O)O)c1. The zero-order chi connectivity index (χ0) is 13.8. The van der Waals surface area contributed by atoms with E-state index in [9.17, 15) is 4.79 Å². The highest BCUT2D eigenvalue weighted by molar-refractivity contribution is 6.30. The van der Waals surface area contributed by atoms with Crippen LogP contribution in [0.15, 0.2) is 18.2 Å². The fraction of sp³-hybridized carbons (Fsp3) is 0.500. The minimum absolute atomic E-state index is 0.599. The first-order chi connectivity index (χ1) is 8.31. The summed E-state index contributed by atoms with van der Waals surface area (Å²) < 4.78 is 0. The smallest absolute Gasteiger partial charge is 0.309 e. The highest BCUT2D eigenvalue weighted by atomic mass is 35.5. The molecule has 0 aromatic heterocycles. The second-order valence-electron chi connectivity index (χ2n) is 5.25. The van der Waals surface area contributed by atoms with Crippen LogP contribution >= 0.6 is 11.6 Å². The molecule has 0 bridgehead atoms. The van der Waals surface area contributed by atoms with Crippen molar-refractivity contribution < 1.29 is 9.90 Å². The minimum Gasteiger partial charge on any atom is -0.481 e. The number of nitrogens with one attached hydrogen (secondary N) is 1. The van der Waals surface area contributed by atoms with Crippen molar-refractivity contribution in [2.75, 3.05) is 6.54 Å². The molecule has 0 radical (unpaired) electrons. The van der Waals surface area contributed by atoms with Crippen LogP contribution in [0.4, 0.5) is 0 Å². The Balaban J connectivity index is 2.40. The van der Waals surface area contributed by atoms with Crippen molar-refractivity contribution in [2.45, 2.75) is 33.7 Å². The summed E-state index contributed by atoms with van der Waals surface area (Å²) in [5, 5.41) is 13.0. The van der Waals surface area contributed by atoms with Gasteiger partial charge >= 0.3 is 5.97 Å². The first-order valence-corrected chi connectivity index (χ1v) is 6.39. The summed E-state index contributed by atoms with van der Waals surface area (Å²) in [6.07, 6.45) is 0.599. The van der Waals surface area contributed by atoms with Gasteiger partial charge in [0.1, 0.15) is 0 Å². The normalized spacial score (nSPS) is 11.6. The van der Waals surface area contributed by atoms with Crippen molar-refractivity contribution >= 4 is 17.6 Å². The number of rotatable bonds is 6. The first kappa shape index (κ1) is 15.0. The van der Waals surface area contributed by atoms with E-state index in [1.807, 2.05) is 19.1 Å². The number of aliphatic carboxylic acids is 1. The summed E-state index contributed by atoms with van der Waals surface area (Å²) in [4.78, 5) is 10.9. The van der Waals surface area contributed by atoms with E-state index in [4.69, 9.17) is 16.7 Å². The molecule has 2 N–H and O–H groups in total. The van der Waals surface area contributed by atoms with Gasteiger partial charge in [0, 0.05) is 11.6 Å². The summed E-state index contributed by atoms with van der Waals surface area (Å²) in [6, 6.07) is 5.91. The Morgan fingerprint density at radius 1 is 1.39 bits per heavy atom. The number of carbonyl (C=O) groups is 1. The van der Waals surface area contributed by atoms with Crippen LogP contribution < -0.4 is 5.32 Å². The molecule has 0 atom stereocenters. The molecule has 0 aliphatic rings. The molecule has 1 aromatic rings. The molecule has 0 saturated heterocycles. The lowest BCUT2D eigenvalue weighted by Crippen LogP contribution is -2.28. The second kappa shape index (κ2) is 6.21. The zero-order valence-corrected chi connectivity index (χ0v) is 11.8. The van der Waals surface area contributed by atoms with Gasteiger partial charge in [-0.05, 0) is 57.0 Å². The quantitative estimate of drug-likeness (QED) is 0.780. The summed E-state index contributed by atoms with van der Waals surface area (Å²) >= 11 is 5.97. The molecule has 0 heterocycles. The summed E-state index contributed by atoms with van der Waals surface area (Å²) in [6.45, 7) is 6.85. The van der Waals surface area contributed by atoms with Crippen molar-refractivity contribution in [1.29, 1.82) is 0 Å². The molecule has 4 heteroatoms. The third-order valence-electron chi connectivity index (χ3n) is 2.94. The van der Waals surface area contributed by atoms with Gasteiger partial charge in [-0.3, -0.25) is 4.79 Å². The molecule has 3 nitrogen and oxygen atoms in total. The van der Waals surface area contributed by atoms with E-state index in [1.54, 1.807) is 13.8 Å². The van der Waals surface area contributed by atoms with E-state index in [0.717, 1.165) is 16.1 Å². The average molecular weight is 270 g/mol. The van der Waals surface area contributed by atoms with Crippen LogP contribution in [0.5, 0.6) is 0 Å². The Morgan fingerprint density at radius 2 is 2.06 bits per heavy atom. The Bertz CT molecular complexity index is 410. The molecule has 0 spiro atoms. The van der Waals surface area contributed by atoms with Gasteiger partial charge in [0.15, 0.2) is 0 Å². The number of carboxylic acid groups (broad SMARTS) is 1. The fourth-order valence-electron chi connectivity index (χ4n) is 1.65. The largest absolute Gasteiger partial charge is 0.481 e. The van der Waals surface area contributed by atoms with Crippen LogP contribution in [0.25, 0.3) is 0 Å². The van der Waals surface area contributed by atoms with Gasteiger partial charge in [0.25, 0.3) is 0 Å². The van der Waals surface area contributed by atoms with Gasteiger partial charge in [-0.2, -0.15) is 0 Å². The predicted octanol–water partition coefficient (Wildman–Crippen LogP) is 3.24. The topological polar surface area (TPSA) is 49.3 Å². The van der Waals surface area contributed by atoms with Gasteiger partial charge < -0.3 is 10.4 Å². The maximum atomic E-state index is 10.9. The van der Waals surface area contributed by atoms with Crippen molar-refractivity contribution in [3.8, 4) is 0 Å². The van der Waals surface area contributed by atoms with Crippen LogP contribution in [-0.4, -0.2) is 17.6 Å². The molecule has 0 unspecified atom stereocenters. The Kier molecular flexibility index (Phi) is 5.17. The van der Waals surface area contributed by atoms with E-state index < -0.39 is 11.4 Å². The van der Waals surface area contributed by atoms with Gasteiger partial charge in [0.05, 0.1) is 5.41 Å². The summed E-state index contributed by atoms with van der Waals surface area (Å²) in [5.41, 5.74) is 1.57. The van der Waals surface area contributed by atoms with Gasteiger partial charge in [-0.1, -0.05) is 17.7 Å². The van der Waals surface area contributed by atoms with Gasteiger partial charge in [-0.25, -0.2) is 0 Å². The molecule has 18 heavy (non-hydrogen) atoms. The van der Waals surface area contributed by atoms with Gasteiger partial charge in [0.2, 0.25) is 0 Å². The molecule has 0 amide bonds. The van der Waals surface area contributed by atoms with Crippen LogP contribution in [0.2, 0.25) is 5.02 Å². The molecule has 1 aromatic carbocycles. The maximum Gasteiger partial charge on any atom is 0.309 e. The minimum atomic E-state index is -0.761. The van der Waals surface area contributed by atoms with Crippen LogP contribution in [-0.2, 0) is 11.3 Å². The second-order valence-corrected chi connectivity index (χ2v) is 5.69. The van der Waals surface area contributed by atoms with Crippen molar-refractivity contribution in [3.63, 3.8) is 0 Å². The van der Waals surface area contributed by atoms with Crippen molar-refractivity contribution in [2.24, 2.45) is 5.41 Å². The third-order valence-corrected chi connectivity index (χ3v) is 3.15. The van der Waals surface area contributed by atoms with Crippen molar-refractivity contribution in [1.82, 2.24) is 5.32 Å². The van der Waals surface area contributed by atoms with Crippen LogP contribution in [0, 0.1) is 12.3 Å². The highest BCUT2D eigenvalue weighted by Crippen LogP contribution is 2.19. The molecule has 0 aliphatic carbocycles. The Morgan fingerprint density at radius 3 is 2.61 bits per heavy atom. The van der Waals surface area contributed by atoms with Crippen LogP contribution in [0.1, 0.15) is 31.4 Å². The number of carboxylic acids is 1. The number of aryl methyl sites for hydroxylation is 1. The van der Waals surface area contributed by atoms with E-state index in [1.165, 1.54) is 0 Å².